The summed E-state index contributed by atoms with van der Waals surface area (Å²) in [6.45, 7) is 8.36. The summed E-state index contributed by atoms with van der Waals surface area (Å²) in [5.74, 6) is 5.49. The molecule has 0 saturated carbocycles. The number of hydrogen-bond acceptors (Lipinski definition) is 6. The summed E-state index contributed by atoms with van der Waals surface area (Å²) in [4.78, 5) is 33.2. The van der Waals surface area contributed by atoms with Gasteiger partial charge >= 0.3 is 18.2 Å². The van der Waals surface area contributed by atoms with Crippen LogP contribution in [0.15, 0.2) is 0 Å². The Morgan fingerprint density at radius 3 is 2.40 bits per heavy atom. The quantitative estimate of drug-likeness (QED) is 0.168. The maximum Gasteiger partial charge on any atom is 0.424 e. The minimum Gasteiger partial charge on any atom is -0.465 e. The molecule has 0 fully saturated rings. The van der Waals surface area contributed by atoms with Gasteiger partial charge in [0.1, 0.15) is 13.2 Å². The Morgan fingerprint density at radius 2 is 1.84 bits per heavy atom. The highest BCUT2D eigenvalue weighted by molar-refractivity contribution is 5.69. The summed E-state index contributed by atoms with van der Waals surface area (Å²) in [5, 5.41) is 12.0. The second-order valence-corrected chi connectivity index (χ2v) is 6.79. The fourth-order valence-corrected chi connectivity index (χ4v) is 2.36. The van der Waals surface area contributed by atoms with E-state index in [0.29, 0.717) is 19.5 Å². The van der Waals surface area contributed by atoms with Crippen molar-refractivity contribution in [2.45, 2.75) is 47.0 Å². The zero-order valence-electron chi connectivity index (χ0n) is 15.5. The van der Waals surface area contributed by atoms with Crippen LogP contribution in [0.5, 0.6) is 0 Å². The molecule has 0 rings (SSSR count). The zero-order valence-corrected chi connectivity index (χ0v) is 15.5. The van der Waals surface area contributed by atoms with Crippen LogP contribution < -0.4 is 11.2 Å². The van der Waals surface area contributed by atoms with Crippen LogP contribution in [0.3, 0.4) is 0 Å². The maximum atomic E-state index is 11.7. The fraction of sp³-hybridized carbons (Fsp3) is 0.812. The van der Waals surface area contributed by atoms with Crippen LogP contribution in [0.2, 0.25) is 0 Å². The zero-order chi connectivity index (χ0) is 19.5. The minimum atomic E-state index is -1.04. The summed E-state index contributed by atoms with van der Waals surface area (Å²) in [5.41, 5.74) is -0.117. The number of nitrogens with two attached hydrogens (primary N) is 1. The predicted octanol–water partition coefficient (Wildman–Crippen LogP) is 1.96. The number of carbonyl (C=O) groups is 3. The number of carboxylic acid groups (broad SMARTS) is 1. The van der Waals surface area contributed by atoms with Gasteiger partial charge in [-0.1, -0.05) is 27.7 Å². The molecule has 0 heterocycles. The number of hydrogen-bond donors (Lipinski definition) is 3. The van der Waals surface area contributed by atoms with E-state index >= 15 is 0 Å². The molecule has 9 heteroatoms. The molecule has 0 aromatic heterocycles. The topological polar surface area (TPSA) is 131 Å². The van der Waals surface area contributed by atoms with Gasteiger partial charge in [-0.2, -0.15) is 0 Å². The van der Waals surface area contributed by atoms with Crippen molar-refractivity contribution in [3.63, 3.8) is 0 Å². The normalized spacial score (nSPS) is 12.2. The van der Waals surface area contributed by atoms with Crippen molar-refractivity contribution in [3.05, 3.63) is 0 Å². The average molecular weight is 361 g/mol. The van der Waals surface area contributed by atoms with Crippen molar-refractivity contribution in [2.24, 2.45) is 17.2 Å². The van der Waals surface area contributed by atoms with Crippen LogP contribution in [0, 0.1) is 11.3 Å². The van der Waals surface area contributed by atoms with Crippen LogP contribution in [-0.4, -0.2) is 54.6 Å². The molecule has 0 aliphatic heterocycles. The highest BCUT2D eigenvalue weighted by atomic mass is 16.6. The van der Waals surface area contributed by atoms with Gasteiger partial charge in [-0.05, 0) is 24.2 Å². The van der Waals surface area contributed by atoms with Crippen LogP contribution >= 0.6 is 0 Å². The van der Waals surface area contributed by atoms with Crippen molar-refractivity contribution in [2.75, 3.05) is 26.3 Å². The summed E-state index contributed by atoms with van der Waals surface area (Å²) in [6.07, 6.45) is -0.0229. The van der Waals surface area contributed by atoms with Gasteiger partial charge < -0.3 is 19.9 Å². The van der Waals surface area contributed by atoms with Crippen molar-refractivity contribution in [1.29, 1.82) is 0 Å². The molecule has 0 aliphatic carbocycles. The van der Waals surface area contributed by atoms with Crippen molar-refractivity contribution in [3.8, 4) is 0 Å². The third-order valence-electron chi connectivity index (χ3n) is 3.63. The molecule has 0 spiro atoms. The molecule has 0 saturated heterocycles. The lowest BCUT2D eigenvalue weighted by Gasteiger charge is -2.29. The lowest BCUT2D eigenvalue weighted by molar-refractivity contribution is -0.144. The number of esters is 1. The monoisotopic (exact) mass is 361 g/mol. The molecule has 1 atom stereocenters. The average Bonchev–Trinajstić information content (AvgIpc) is 2.53. The third-order valence-corrected chi connectivity index (χ3v) is 3.63. The molecular formula is C16H31N3O6. The Bertz CT molecular complexity index is 442. The Hall–Kier alpha value is -2.03. The Kier molecular flexibility index (Phi) is 10.6. The molecule has 0 aromatic carbocycles. The smallest absolute Gasteiger partial charge is 0.424 e. The molecule has 0 aromatic rings. The lowest BCUT2D eigenvalue weighted by atomic mass is 9.80. The highest BCUT2D eigenvalue weighted by Gasteiger charge is 2.23. The number of amides is 2. The Balaban J connectivity index is 4.07. The minimum absolute atomic E-state index is 0.00579. The predicted molar refractivity (Wildman–Crippen MR) is 91.7 cm³/mol. The Labute approximate surface area is 148 Å². The summed E-state index contributed by atoms with van der Waals surface area (Å²) in [7, 11) is 0. The molecular weight excluding hydrogens is 330 g/mol. The van der Waals surface area contributed by atoms with E-state index in [-0.39, 0.29) is 36.9 Å². The van der Waals surface area contributed by atoms with Gasteiger partial charge in [-0.3, -0.25) is 4.79 Å². The van der Waals surface area contributed by atoms with Gasteiger partial charge in [0.2, 0.25) is 0 Å². The standard InChI is InChI=1S/C16H31N3O6/c1-5-13(20)24-8-9-25-15(23)19(17)7-6-16(3,4)10-12(2)11-18-14(21)22/h12,18H,5-11,17H2,1-4H3,(H,21,22). The van der Waals surface area contributed by atoms with E-state index in [1.807, 2.05) is 20.8 Å². The van der Waals surface area contributed by atoms with Gasteiger partial charge in [0.05, 0.1) is 0 Å². The number of ether oxygens (including phenoxy) is 2. The van der Waals surface area contributed by atoms with E-state index in [1.54, 1.807) is 6.92 Å². The highest BCUT2D eigenvalue weighted by Crippen LogP contribution is 2.29. The van der Waals surface area contributed by atoms with E-state index in [1.165, 1.54) is 0 Å². The SMILES string of the molecule is CCC(=O)OCCOC(=O)N(N)CCC(C)(C)CC(C)CNC(=O)O. The molecule has 2 amide bonds. The summed E-state index contributed by atoms with van der Waals surface area (Å²) in [6, 6.07) is 0. The van der Waals surface area contributed by atoms with Gasteiger partial charge in [-0.25, -0.2) is 20.4 Å². The fourth-order valence-electron chi connectivity index (χ4n) is 2.36. The van der Waals surface area contributed by atoms with Crippen LogP contribution in [-0.2, 0) is 14.3 Å². The first-order chi connectivity index (χ1) is 11.6. The second kappa shape index (κ2) is 11.5. The van der Waals surface area contributed by atoms with E-state index in [2.05, 4.69) is 5.32 Å². The van der Waals surface area contributed by atoms with E-state index in [4.69, 9.17) is 20.4 Å². The van der Waals surface area contributed by atoms with Gasteiger partial charge in [0.15, 0.2) is 0 Å². The molecule has 0 radical (unpaired) electrons. The largest absolute Gasteiger partial charge is 0.465 e. The van der Waals surface area contributed by atoms with Gasteiger partial charge in [-0.15, -0.1) is 0 Å². The third kappa shape index (κ3) is 12.0. The van der Waals surface area contributed by atoms with E-state index in [9.17, 15) is 14.4 Å². The maximum absolute atomic E-state index is 11.7. The number of rotatable bonds is 11. The van der Waals surface area contributed by atoms with Gasteiger partial charge in [0, 0.05) is 19.5 Å². The first kappa shape index (κ1) is 23.0. The van der Waals surface area contributed by atoms with Gasteiger partial charge in [0.25, 0.3) is 0 Å². The number of nitrogens with one attached hydrogen (secondary N) is 1. The number of carbonyl (C=O) groups excluding carboxylic acids is 2. The molecule has 9 nitrogen and oxygen atoms in total. The lowest BCUT2D eigenvalue weighted by Crippen LogP contribution is -2.41. The van der Waals surface area contributed by atoms with Crippen molar-refractivity contribution in [1.82, 2.24) is 10.3 Å². The first-order valence-electron chi connectivity index (χ1n) is 8.38. The van der Waals surface area contributed by atoms with Crippen LogP contribution in [0.25, 0.3) is 0 Å². The molecule has 4 N–H and O–H groups in total. The molecule has 25 heavy (non-hydrogen) atoms. The van der Waals surface area contributed by atoms with E-state index < -0.39 is 12.2 Å². The van der Waals surface area contributed by atoms with Crippen molar-refractivity contribution < 1.29 is 29.0 Å². The van der Waals surface area contributed by atoms with Crippen LogP contribution in [0.4, 0.5) is 9.59 Å². The molecule has 0 aliphatic rings. The molecule has 146 valence electrons. The summed E-state index contributed by atoms with van der Waals surface area (Å²) >= 11 is 0. The molecule has 0 bridgehead atoms. The first-order valence-corrected chi connectivity index (χ1v) is 8.38. The van der Waals surface area contributed by atoms with Crippen molar-refractivity contribution >= 4 is 18.2 Å². The molecule has 1 unspecified atom stereocenters. The Morgan fingerprint density at radius 1 is 1.24 bits per heavy atom. The number of nitrogens with zero attached hydrogens (tertiary/aromatic N) is 1. The summed E-state index contributed by atoms with van der Waals surface area (Å²) < 4.78 is 9.72. The van der Waals surface area contributed by atoms with E-state index in [0.717, 1.165) is 11.4 Å². The van der Waals surface area contributed by atoms with Crippen LogP contribution in [0.1, 0.15) is 47.0 Å². The second-order valence-electron chi connectivity index (χ2n) is 6.79. The number of hydrazine groups is 1.